The van der Waals surface area contributed by atoms with E-state index in [0.29, 0.717) is 18.7 Å². The number of non-ortho nitro benzene ring substituents is 1. The summed E-state index contributed by atoms with van der Waals surface area (Å²) in [7, 11) is 0. The highest BCUT2D eigenvalue weighted by Crippen LogP contribution is 2.17. The molecule has 0 spiro atoms. The zero-order valence-electron chi connectivity index (χ0n) is 10.3. The summed E-state index contributed by atoms with van der Waals surface area (Å²) in [4.78, 5) is 21.9. The Balaban J connectivity index is 1.84. The number of nitro benzene ring substituents is 1. The third-order valence-electron chi connectivity index (χ3n) is 2.88. The van der Waals surface area contributed by atoms with E-state index in [4.69, 9.17) is 0 Å². The van der Waals surface area contributed by atoms with E-state index in [0.717, 1.165) is 0 Å². The van der Waals surface area contributed by atoms with Crippen LogP contribution < -0.4 is 5.32 Å². The molecule has 19 heavy (non-hydrogen) atoms. The molecule has 1 N–H and O–H groups in total. The Bertz CT molecular complexity index is 537. The van der Waals surface area contributed by atoms with E-state index < -0.39 is 4.92 Å². The summed E-state index contributed by atoms with van der Waals surface area (Å²) in [5, 5.41) is 13.6. The molecule has 0 saturated heterocycles. The molecule has 2 rings (SSSR count). The van der Waals surface area contributed by atoms with Gasteiger partial charge in [-0.3, -0.25) is 14.9 Å². The number of carbonyl (C=O) groups is 1. The number of Topliss-reactive ketones (excluding diaryl/α,β-unsaturated/α-hetero) is 1. The van der Waals surface area contributed by atoms with Gasteiger partial charge in [0.2, 0.25) is 0 Å². The Morgan fingerprint density at radius 2 is 2.05 bits per heavy atom. The molecule has 0 atom stereocenters. The number of nitrogens with one attached hydrogen (secondary N) is 1. The van der Waals surface area contributed by atoms with Gasteiger partial charge in [0.05, 0.1) is 10.8 Å². The summed E-state index contributed by atoms with van der Waals surface area (Å²) in [6, 6.07) is 6.25. The van der Waals surface area contributed by atoms with Gasteiger partial charge in [-0.25, -0.2) is 0 Å². The molecule has 1 aliphatic carbocycles. The second-order valence-electron chi connectivity index (χ2n) is 4.25. The van der Waals surface area contributed by atoms with Crippen molar-refractivity contribution in [3.05, 3.63) is 58.7 Å². The van der Waals surface area contributed by atoms with E-state index in [-0.39, 0.29) is 17.4 Å². The summed E-state index contributed by atoms with van der Waals surface area (Å²) in [5.74, 6) is 0.0230. The van der Waals surface area contributed by atoms with E-state index in [1.807, 2.05) is 24.3 Å². The highest BCUT2D eigenvalue weighted by atomic mass is 16.6. The van der Waals surface area contributed by atoms with Gasteiger partial charge in [-0.05, 0) is 6.07 Å². The van der Waals surface area contributed by atoms with Crippen molar-refractivity contribution in [1.29, 1.82) is 0 Å². The average Bonchev–Trinajstić information content (AvgIpc) is 2.93. The van der Waals surface area contributed by atoms with E-state index in [1.165, 1.54) is 12.1 Å². The smallest absolute Gasteiger partial charge is 0.271 e. The van der Waals surface area contributed by atoms with Crippen LogP contribution in [0, 0.1) is 16.0 Å². The molecular formula is C14H14N2O3. The molecule has 0 fully saturated rings. The topological polar surface area (TPSA) is 72.2 Å². The molecule has 0 saturated carbocycles. The number of hydrogen-bond acceptors (Lipinski definition) is 4. The van der Waals surface area contributed by atoms with Crippen LogP contribution in [0.4, 0.5) is 11.4 Å². The Morgan fingerprint density at radius 1 is 1.32 bits per heavy atom. The molecule has 0 amide bonds. The number of benzene rings is 1. The van der Waals surface area contributed by atoms with Gasteiger partial charge < -0.3 is 5.32 Å². The first kappa shape index (κ1) is 13.0. The fourth-order valence-electron chi connectivity index (χ4n) is 1.87. The molecule has 5 nitrogen and oxygen atoms in total. The van der Waals surface area contributed by atoms with Crippen LogP contribution in [0.2, 0.25) is 0 Å². The molecule has 0 bridgehead atoms. The molecule has 0 radical (unpaired) electrons. The lowest BCUT2D eigenvalue weighted by Gasteiger charge is -2.07. The summed E-state index contributed by atoms with van der Waals surface area (Å²) >= 11 is 0. The maximum Gasteiger partial charge on any atom is 0.271 e. The molecule has 1 aromatic rings. The number of anilines is 1. The lowest BCUT2D eigenvalue weighted by Crippen LogP contribution is -2.14. The molecule has 0 aliphatic heterocycles. The van der Waals surface area contributed by atoms with Gasteiger partial charge >= 0.3 is 0 Å². The van der Waals surface area contributed by atoms with Crippen LogP contribution in [-0.4, -0.2) is 17.3 Å². The highest BCUT2D eigenvalue weighted by Gasteiger charge is 2.13. The van der Waals surface area contributed by atoms with Crippen LogP contribution >= 0.6 is 0 Å². The van der Waals surface area contributed by atoms with E-state index >= 15 is 0 Å². The molecule has 0 unspecified atom stereocenters. The number of carbonyl (C=O) groups excluding carboxylic acids is 1. The lowest BCUT2D eigenvalue weighted by atomic mass is 10.0. The third-order valence-corrected chi connectivity index (χ3v) is 2.88. The van der Waals surface area contributed by atoms with E-state index in [9.17, 15) is 14.9 Å². The van der Waals surface area contributed by atoms with Crippen LogP contribution in [0.25, 0.3) is 0 Å². The molecule has 0 aromatic heterocycles. The molecule has 1 aliphatic rings. The summed E-state index contributed by atoms with van der Waals surface area (Å²) in [6.45, 7) is 0.470. The SMILES string of the molecule is O=C(CCNc1cccc([N+](=O)[O-])c1)C1C=CC=C1. The zero-order valence-corrected chi connectivity index (χ0v) is 10.3. The second-order valence-corrected chi connectivity index (χ2v) is 4.25. The predicted molar refractivity (Wildman–Crippen MR) is 73.0 cm³/mol. The molecule has 1 aromatic carbocycles. The van der Waals surface area contributed by atoms with Gasteiger partial charge in [0.1, 0.15) is 5.78 Å². The molecule has 0 heterocycles. The first-order chi connectivity index (χ1) is 9.16. The maximum absolute atomic E-state index is 11.8. The number of rotatable bonds is 6. The van der Waals surface area contributed by atoms with Crippen molar-refractivity contribution in [3.63, 3.8) is 0 Å². The zero-order chi connectivity index (χ0) is 13.7. The number of nitrogens with zero attached hydrogens (tertiary/aromatic N) is 1. The number of hydrogen-bond donors (Lipinski definition) is 1. The van der Waals surface area contributed by atoms with Crippen LogP contribution in [0.15, 0.2) is 48.6 Å². The second kappa shape index (κ2) is 5.95. The van der Waals surface area contributed by atoms with Gasteiger partial charge in [0, 0.05) is 30.8 Å². The molecular weight excluding hydrogens is 244 g/mol. The Kier molecular flexibility index (Phi) is 4.07. The summed E-state index contributed by atoms with van der Waals surface area (Å²) in [6.07, 6.45) is 7.82. The third kappa shape index (κ3) is 3.51. The lowest BCUT2D eigenvalue weighted by molar-refractivity contribution is -0.384. The normalized spacial score (nSPS) is 13.7. The fraction of sp³-hybridized carbons (Fsp3) is 0.214. The minimum absolute atomic E-state index is 0.0398. The van der Waals surface area contributed by atoms with Gasteiger partial charge in [-0.2, -0.15) is 0 Å². The monoisotopic (exact) mass is 258 g/mol. The first-order valence-corrected chi connectivity index (χ1v) is 6.03. The van der Waals surface area contributed by atoms with Crippen molar-refractivity contribution in [2.75, 3.05) is 11.9 Å². The van der Waals surface area contributed by atoms with Crippen LogP contribution in [0.5, 0.6) is 0 Å². The standard InChI is InChI=1S/C14H14N2O3/c17-14(11-4-1-2-5-11)8-9-15-12-6-3-7-13(10-12)16(18)19/h1-7,10-11,15H,8-9H2. The van der Waals surface area contributed by atoms with Crippen molar-refractivity contribution >= 4 is 17.2 Å². The number of allylic oxidation sites excluding steroid dienone is 4. The Hall–Kier alpha value is -2.43. The van der Waals surface area contributed by atoms with Crippen molar-refractivity contribution < 1.29 is 9.72 Å². The van der Waals surface area contributed by atoms with Crippen molar-refractivity contribution in [1.82, 2.24) is 0 Å². The Morgan fingerprint density at radius 3 is 2.74 bits per heavy atom. The molecule has 5 heteroatoms. The minimum atomic E-state index is -0.440. The highest BCUT2D eigenvalue weighted by molar-refractivity contribution is 5.85. The fourth-order valence-corrected chi connectivity index (χ4v) is 1.87. The maximum atomic E-state index is 11.8. The van der Waals surface area contributed by atoms with Gasteiger partial charge in [-0.15, -0.1) is 0 Å². The van der Waals surface area contributed by atoms with Crippen molar-refractivity contribution in [2.24, 2.45) is 5.92 Å². The quantitative estimate of drug-likeness (QED) is 0.629. The van der Waals surface area contributed by atoms with E-state index in [2.05, 4.69) is 5.32 Å². The average molecular weight is 258 g/mol. The van der Waals surface area contributed by atoms with Crippen LogP contribution in [0.1, 0.15) is 6.42 Å². The van der Waals surface area contributed by atoms with Gasteiger partial charge in [0.25, 0.3) is 5.69 Å². The summed E-state index contributed by atoms with van der Waals surface area (Å²) < 4.78 is 0. The predicted octanol–water partition coefficient (Wildman–Crippen LogP) is 2.71. The first-order valence-electron chi connectivity index (χ1n) is 6.03. The number of nitro groups is 1. The molecule has 98 valence electrons. The van der Waals surface area contributed by atoms with Gasteiger partial charge in [-0.1, -0.05) is 30.4 Å². The summed E-state index contributed by atoms with van der Waals surface area (Å²) in [5.41, 5.74) is 0.692. The van der Waals surface area contributed by atoms with Gasteiger partial charge in [0.15, 0.2) is 0 Å². The largest absolute Gasteiger partial charge is 0.384 e. The van der Waals surface area contributed by atoms with E-state index in [1.54, 1.807) is 12.1 Å². The minimum Gasteiger partial charge on any atom is -0.384 e. The van der Waals surface area contributed by atoms with Crippen molar-refractivity contribution in [2.45, 2.75) is 6.42 Å². The number of ketones is 1. The van der Waals surface area contributed by atoms with Crippen LogP contribution in [-0.2, 0) is 4.79 Å². The van der Waals surface area contributed by atoms with Crippen LogP contribution in [0.3, 0.4) is 0 Å². The van der Waals surface area contributed by atoms with Crippen molar-refractivity contribution in [3.8, 4) is 0 Å². The Labute approximate surface area is 110 Å².